The molecule has 2 aromatic rings. The molecule has 0 saturated heterocycles. The number of esters is 1. The fourth-order valence-electron chi connectivity index (χ4n) is 1.97. The van der Waals surface area contributed by atoms with Crippen LogP contribution in [0, 0.1) is 0 Å². The number of aryl methyl sites for hydroxylation is 1. The van der Waals surface area contributed by atoms with Crippen molar-refractivity contribution in [1.82, 2.24) is 4.57 Å². The Balaban J connectivity index is 2.44. The molecule has 0 aliphatic heterocycles. The minimum atomic E-state index is -0.223. The summed E-state index contributed by atoms with van der Waals surface area (Å²) in [5.74, 6) is 0.329. The molecule has 3 nitrogen and oxygen atoms in total. The number of para-hydroxylation sites is 1. The van der Waals surface area contributed by atoms with Crippen molar-refractivity contribution in [1.29, 1.82) is 0 Å². The number of fused-ring (bicyclic) bond motifs is 1. The molecular formula is C13H14ClNO2. The van der Waals surface area contributed by atoms with Gasteiger partial charge in [0.05, 0.1) is 13.5 Å². The van der Waals surface area contributed by atoms with E-state index in [1.165, 1.54) is 7.11 Å². The van der Waals surface area contributed by atoms with Crippen LogP contribution in [0.25, 0.3) is 10.9 Å². The molecule has 0 unspecified atom stereocenters. The van der Waals surface area contributed by atoms with E-state index in [-0.39, 0.29) is 5.97 Å². The van der Waals surface area contributed by atoms with Crippen LogP contribution in [0.4, 0.5) is 0 Å². The summed E-state index contributed by atoms with van der Waals surface area (Å²) in [4.78, 5) is 11.3. The van der Waals surface area contributed by atoms with Crippen LogP contribution in [-0.2, 0) is 22.5 Å². The molecule has 90 valence electrons. The van der Waals surface area contributed by atoms with Gasteiger partial charge in [0.2, 0.25) is 0 Å². The first-order valence-electron chi connectivity index (χ1n) is 5.45. The van der Waals surface area contributed by atoms with Crippen molar-refractivity contribution >= 4 is 28.5 Å². The number of alkyl halides is 1. The van der Waals surface area contributed by atoms with Crippen molar-refractivity contribution in [2.75, 3.05) is 13.0 Å². The maximum atomic E-state index is 11.3. The molecule has 1 aromatic carbocycles. The van der Waals surface area contributed by atoms with Crippen LogP contribution < -0.4 is 0 Å². The molecule has 0 aliphatic rings. The van der Waals surface area contributed by atoms with Crippen LogP contribution in [0.2, 0.25) is 0 Å². The number of benzene rings is 1. The molecule has 0 N–H and O–H groups in total. The summed E-state index contributed by atoms with van der Waals surface area (Å²) in [5, 5.41) is 1.09. The van der Waals surface area contributed by atoms with Crippen LogP contribution in [0.3, 0.4) is 0 Å². The maximum absolute atomic E-state index is 11.3. The lowest BCUT2D eigenvalue weighted by molar-refractivity contribution is -0.139. The zero-order valence-electron chi connectivity index (χ0n) is 9.65. The Kier molecular flexibility index (Phi) is 3.69. The molecule has 1 aromatic heterocycles. The minimum Gasteiger partial charge on any atom is -0.469 e. The number of hydrogen-bond donors (Lipinski definition) is 0. The quantitative estimate of drug-likeness (QED) is 0.618. The highest BCUT2D eigenvalue weighted by molar-refractivity contribution is 6.17. The second-order valence-electron chi connectivity index (χ2n) is 3.81. The van der Waals surface area contributed by atoms with Gasteiger partial charge in [0, 0.05) is 29.5 Å². The molecule has 0 radical (unpaired) electrons. The first kappa shape index (κ1) is 12.0. The SMILES string of the molecule is COC(=O)Cc1cn(CCCl)c2ccccc12. The summed E-state index contributed by atoms with van der Waals surface area (Å²) in [6.45, 7) is 0.739. The monoisotopic (exact) mass is 251 g/mol. The topological polar surface area (TPSA) is 31.2 Å². The Morgan fingerprint density at radius 3 is 2.88 bits per heavy atom. The van der Waals surface area contributed by atoms with Crippen LogP contribution in [0.5, 0.6) is 0 Å². The predicted octanol–water partition coefficient (Wildman–Crippen LogP) is 2.60. The summed E-state index contributed by atoms with van der Waals surface area (Å²) >= 11 is 5.77. The van der Waals surface area contributed by atoms with E-state index in [9.17, 15) is 4.79 Å². The Morgan fingerprint density at radius 2 is 2.18 bits per heavy atom. The average Bonchev–Trinajstić information content (AvgIpc) is 2.69. The standard InChI is InChI=1S/C13H14ClNO2/c1-17-13(16)8-10-9-15(7-6-14)12-5-3-2-4-11(10)12/h2-5,9H,6-8H2,1H3. The second-order valence-corrected chi connectivity index (χ2v) is 4.18. The van der Waals surface area contributed by atoms with Crippen LogP contribution in [-0.4, -0.2) is 23.5 Å². The Bertz CT molecular complexity index is 533. The van der Waals surface area contributed by atoms with E-state index in [0.717, 1.165) is 23.0 Å². The number of nitrogens with zero attached hydrogens (tertiary/aromatic N) is 1. The highest BCUT2D eigenvalue weighted by Crippen LogP contribution is 2.22. The van der Waals surface area contributed by atoms with Crippen molar-refractivity contribution in [3.05, 3.63) is 36.0 Å². The molecule has 0 atom stereocenters. The van der Waals surface area contributed by atoms with E-state index >= 15 is 0 Å². The number of hydrogen-bond acceptors (Lipinski definition) is 2. The molecule has 0 saturated carbocycles. The predicted molar refractivity (Wildman–Crippen MR) is 68.4 cm³/mol. The van der Waals surface area contributed by atoms with Gasteiger partial charge in [-0.05, 0) is 11.6 Å². The number of aromatic nitrogens is 1. The van der Waals surface area contributed by atoms with Crippen LogP contribution in [0.1, 0.15) is 5.56 Å². The Morgan fingerprint density at radius 1 is 1.41 bits per heavy atom. The van der Waals surface area contributed by atoms with Crippen molar-refractivity contribution in [2.45, 2.75) is 13.0 Å². The van der Waals surface area contributed by atoms with E-state index in [1.54, 1.807) is 0 Å². The number of carbonyl (C=O) groups excluding carboxylic acids is 1. The molecule has 1 heterocycles. The number of halogens is 1. The summed E-state index contributed by atoms with van der Waals surface area (Å²) in [6.07, 6.45) is 2.27. The first-order chi connectivity index (χ1) is 8.26. The van der Waals surface area contributed by atoms with Gasteiger partial charge in [-0.3, -0.25) is 4.79 Å². The number of methoxy groups -OCH3 is 1. The highest BCUT2D eigenvalue weighted by Gasteiger charge is 2.11. The molecule has 0 amide bonds. The second kappa shape index (κ2) is 5.23. The molecule has 0 fully saturated rings. The Hall–Kier alpha value is -1.48. The van der Waals surface area contributed by atoms with Gasteiger partial charge in [0.15, 0.2) is 0 Å². The molecular weight excluding hydrogens is 238 g/mol. The van der Waals surface area contributed by atoms with Gasteiger partial charge in [-0.15, -0.1) is 11.6 Å². The molecule has 2 rings (SSSR count). The summed E-state index contributed by atoms with van der Waals surface area (Å²) in [5.41, 5.74) is 2.09. The van der Waals surface area contributed by atoms with Gasteiger partial charge in [-0.2, -0.15) is 0 Å². The van der Waals surface area contributed by atoms with Gasteiger partial charge in [0.1, 0.15) is 0 Å². The zero-order chi connectivity index (χ0) is 12.3. The lowest BCUT2D eigenvalue weighted by Gasteiger charge is -2.00. The zero-order valence-corrected chi connectivity index (χ0v) is 10.4. The van der Waals surface area contributed by atoms with E-state index in [2.05, 4.69) is 4.57 Å². The molecule has 0 aliphatic carbocycles. The van der Waals surface area contributed by atoms with Gasteiger partial charge in [0.25, 0.3) is 0 Å². The third-order valence-corrected chi connectivity index (χ3v) is 2.93. The van der Waals surface area contributed by atoms with Crippen molar-refractivity contribution in [3.8, 4) is 0 Å². The largest absolute Gasteiger partial charge is 0.469 e. The van der Waals surface area contributed by atoms with E-state index in [0.29, 0.717) is 12.3 Å². The summed E-state index contributed by atoms with van der Waals surface area (Å²) < 4.78 is 6.77. The van der Waals surface area contributed by atoms with Gasteiger partial charge >= 0.3 is 5.97 Å². The fourth-order valence-corrected chi connectivity index (χ4v) is 2.15. The van der Waals surface area contributed by atoms with Crippen molar-refractivity contribution < 1.29 is 9.53 Å². The Labute approximate surface area is 105 Å². The van der Waals surface area contributed by atoms with E-state index in [4.69, 9.17) is 16.3 Å². The minimum absolute atomic E-state index is 0.223. The lowest BCUT2D eigenvalue weighted by Crippen LogP contribution is -2.04. The number of ether oxygens (including phenoxy) is 1. The molecule has 4 heteroatoms. The van der Waals surface area contributed by atoms with E-state index in [1.807, 2.05) is 30.5 Å². The third kappa shape index (κ3) is 2.44. The normalized spacial score (nSPS) is 10.7. The lowest BCUT2D eigenvalue weighted by atomic mass is 10.1. The van der Waals surface area contributed by atoms with Crippen LogP contribution in [0.15, 0.2) is 30.5 Å². The average molecular weight is 252 g/mol. The van der Waals surface area contributed by atoms with Gasteiger partial charge in [-0.1, -0.05) is 18.2 Å². The maximum Gasteiger partial charge on any atom is 0.310 e. The smallest absolute Gasteiger partial charge is 0.310 e. The fraction of sp³-hybridized carbons (Fsp3) is 0.308. The summed E-state index contributed by atoms with van der Waals surface area (Å²) in [6, 6.07) is 7.99. The van der Waals surface area contributed by atoms with Crippen LogP contribution >= 0.6 is 11.6 Å². The van der Waals surface area contributed by atoms with E-state index < -0.39 is 0 Å². The number of rotatable bonds is 4. The highest BCUT2D eigenvalue weighted by atomic mass is 35.5. The number of carbonyl (C=O) groups is 1. The molecule has 17 heavy (non-hydrogen) atoms. The van der Waals surface area contributed by atoms with Crippen molar-refractivity contribution in [3.63, 3.8) is 0 Å². The first-order valence-corrected chi connectivity index (χ1v) is 5.99. The molecule has 0 bridgehead atoms. The third-order valence-electron chi connectivity index (χ3n) is 2.76. The summed E-state index contributed by atoms with van der Waals surface area (Å²) in [7, 11) is 1.40. The molecule has 0 spiro atoms. The van der Waals surface area contributed by atoms with Gasteiger partial charge < -0.3 is 9.30 Å². The van der Waals surface area contributed by atoms with Crippen molar-refractivity contribution in [2.24, 2.45) is 0 Å². The van der Waals surface area contributed by atoms with Gasteiger partial charge in [-0.25, -0.2) is 0 Å².